The van der Waals surface area contributed by atoms with Crippen LogP contribution in [-0.2, 0) is 0 Å². The van der Waals surface area contributed by atoms with E-state index < -0.39 is 0 Å². The number of rotatable bonds is 2. The second-order valence-corrected chi connectivity index (χ2v) is 7.80. The summed E-state index contributed by atoms with van der Waals surface area (Å²) in [5.74, 6) is 0. The number of aromatic nitrogens is 1. The van der Waals surface area contributed by atoms with Gasteiger partial charge in [0.2, 0.25) is 0 Å². The molecular weight excluding hydrogens is 350 g/mol. The van der Waals surface area contributed by atoms with Crippen molar-refractivity contribution in [3.05, 3.63) is 71.3 Å². The number of piperazine rings is 1. The molecule has 142 valence electrons. The van der Waals surface area contributed by atoms with Crippen molar-refractivity contribution in [3.63, 3.8) is 0 Å². The first-order valence-electron chi connectivity index (χ1n) is 9.73. The number of pyridine rings is 1. The van der Waals surface area contributed by atoms with Gasteiger partial charge in [-0.05, 0) is 50.2 Å². The zero-order valence-electron chi connectivity index (χ0n) is 16.1. The van der Waals surface area contributed by atoms with Crippen LogP contribution in [0.25, 0.3) is 27.6 Å². The molecule has 1 N–H and O–H groups in total. The van der Waals surface area contributed by atoms with E-state index in [9.17, 15) is 4.79 Å². The van der Waals surface area contributed by atoms with E-state index >= 15 is 0 Å². The average Bonchev–Trinajstić information content (AvgIpc) is 3.10. The Kier molecular flexibility index (Phi) is 3.98. The van der Waals surface area contributed by atoms with Crippen molar-refractivity contribution in [2.75, 3.05) is 18.0 Å². The molecular formula is C23H23N3O2. The van der Waals surface area contributed by atoms with E-state index in [1.54, 1.807) is 0 Å². The van der Waals surface area contributed by atoms with Gasteiger partial charge in [-0.1, -0.05) is 6.07 Å². The third kappa shape index (κ3) is 2.98. The smallest absolute Gasteiger partial charge is 0.344 e. The standard InChI is InChI=1S/C23H23N3O2/c1-15-12-26(13-16(2)24-15)20-7-6-17-10-21(23(27)28-22(17)11-20)18-9-19-5-3-4-8-25(19)14-18/h3-11,14-16,24H,12-13H2,1-2H3/t15-,16+. The first-order valence-corrected chi connectivity index (χ1v) is 9.73. The van der Waals surface area contributed by atoms with Gasteiger partial charge < -0.3 is 19.0 Å². The highest BCUT2D eigenvalue weighted by Gasteiger charge is 2.21. The number of anilines is 1. The first-order chi connectivity index (χ1) is 13.6. The Hall–Kier alpha value is -3.05. The van der Waals surface area contributed by atoms with Crippen LogP contribution in [-0.4, -0.2) is 29.6 Å². The quantitative estimate of drug-likeness (QED) is 0.542. The lowest BCUT2D eigenvalue weighted by Crippen LogP contribution is -2.54. The van der Waals surface area contributed by atoms with Crippen molar-refractivity contribution in [2.24, 2.45) is 0 Å². The van der Waals surface area contributed by atoms with Crippen molar-refractivity contribution >= 4 is 22.2 Å². The second-order valence-electron chi connectivity index (χ2n) is 7.80. The van der Waals surface area contributed by atoms with Gasteiger partial charge in [-0.25, -0.2) is 4.79 Å². The molecule has 1 aromatic carbocycles. The maximum Gasteiger partial charge on any atom is 0.344 e. The molecule has 0 amide bonds. The van der Waals surface area contributed by atoms with Gasteiger partial charge in [-0.15, -0.1) is 0 Å². The SMILES string of the molecule is C[C@@H]1CN(c2ccc3cc(-c4cc5ccccn5c4)c(=O)oc3c2)C[C@H](C)N1. The van der Waals surface area contributed by atoms with Crippen molar-refractivity contribution in [2.45, 2.75) is 25.9 Å². The molecule has 5 heteroatoms. The molecule has 5 rings (SSSR count). The molecule has 5 nitrogen and oxygen atoms in total. The number of nitrogens with zero attached hydrogens (tertiary/aromatic N) is 2. The molecule has 0 saturated carbocycles. The highest BCUT2D eigenvalue weighted by atomic mass is 16.4. The van der Waals surface area contributed by atoms with E-state index in [1.807, 2.05) is 59.3 Å². The summed E-state index contributed by atoms with van der Waals surface area (Å²) in [6.07, 6.45) is 3.94. The molecule has 1 fully saturated rings. The van der Waals surface area contributed by atoms with E-state index in [4.69, 9.17) is 4.42 Å². The van der Waals surface area contributed by atoms with Crippen LogP contribution in [0.1, 0.15) is 13.8 Å². The zero-order chi connectivity index (χ0) is 19.3. The maximum absolute atomic E-state index is 12.7. The van der Waals surface area contributed by atoms with Gasteiger partial charge in [0.25, 0.3) is 0 Å². The Morgan fingerprint density at radius 2 is 1.86 bits per heavy atom. The molecule has 2 atom stereocenters. The minimum absolute atomic E-state index is 0.303. The van der Waals surface area contributed by atoms with Gasteiger partial charge in [0.15, 0.2) is 0 Å². The van der Waals surface area contributed by atoms with Crippen LogP contribution in [0, 0.1) is 0 Å². The van der Waals surface area contributed by atoms with Crippen LogP contribution in [0.3, 0.4) is 0 Å². The molecule has 4 aromatic rings. The van der Waals surface area contributed by atoms with E-state index in [0.717, 1.165) is 35.2 Å². The van der Waals surface area contributed by atoms with Crippen molar-refractivity contribution in [1.29, 1.82) is 0 Å². The topological polar surface area (TPSA) is 49.9 Å². The Balaban J connectivity index is 1.55. The van der Waals surface area contributed by atoms with Crippen molar-refractivity contribution < 1.29 is 4.42 Å². The van der Waals surface area contributed by atoms with E-state index in [-0.39, 0.29) is 5.63 Å². The van der Waals surface area contributed by atoms with E-state index in [1.165, 1.54) is 0 Å². The fraction of sp³-hybridized carbons (Fsp3) is 0.261. The molecule has 0 radical (unpaired) electrons. The lowest BCUT2D eigenvalue weighted by molar-refractivity contribution is 0.407. The van der Waals surface area contributed by atoms with Crippen LogP contribution in [0.5, 0.6) is 0 Å². The molecule has 1 aliphatic heterocycles. The summed E-state index contributed by atoms with van der Waals surface area (Å²) in [6.45, 7) is 6.26. The highest BCUT2D eigenvalue weighted by molar-refractivity contribution is 5.85. The maximum atomic E-state index is 12.7. The van der Waals surface area contributed by atoms with E-state index in [0.29, 0.717) is 23.2 Å². The first kappa shape index (κ1) is 17.1. The lowest BCUT2D eigenvalue weighted by atomic mass is 10.1. The third-order valence-electron chi connectivity index (χ3n) is 5.46. The summed E-state index contributed by atoms with van der Waals surface area (Å²) in [5.41, 5.74) is 3.94. The molecule has 3 aromatic heterocycles. The molecule has 1 saturated heterocycles. The molecule has 0 aliphatic carbocycles. The van der Waals surface area contributed by atoms with Crippen LogP contribution < -0.4 is 15.8 Å². The van der Waals surface area contributed by atoms with Crippen molar-refractivity contribution in [1.82, 2.24) is 9.72 Å². The summed E-state index contributed by atoms with van der Waals surface area (Å²) in [5, 5.41) is 4.48. The van der Waals surface area contributed by atoms with Crippen molar-refractivity contribution in [3.8, 4) is 11.1 Å². The summed E-state index contributed by atoms with van der Waals surface area (Å²) >= 11 is 0. The lowest BCUT2D eigenvalue weighted by Gasteiger charge is -2.37. The number of hydrogen-bond donors (Lipinski definition) is 1. The Bertz CT molecular complexity index is 1180. The largest absolute Gasteiger partial charge is 0.422 e. The minimum Gasteiger partial charge on any atom is -0.422 e. The summed E-state index contributed by atoms with van der Waals surface area (Å²) in [4.78, 5) is 15.0. The molecule has 28 heavy (non-hydrogen) atoms. The predicted molar refractivity (Wildman–Crippen MR) is 113 cm³/mol. The Labute approximate surface area is 163 Å². The number of nitrogens with one attached hydrogen (secondary N) is 1. The molecule has 4 heterocycles. The second kappa shape index (κ2) is 6.53. The molecule has 0 bridgehead atoms. The monoisotopic (exact) mass is 373 g/mol. The number of hydrogen-bond acceptors (Lipinski definition) is 4. The Morgan fingerprint density at radius 1 is 1.04 bits per heavy atom. The van der Waals surface area contributed by atoms with Crippen LogP contribution >= 0.6 is 0 Å². The molecule has 0 unspecified atom stereocenters. The molecule has 0 spiro atoms. The average molecular weight is 373 g/mol. The van der Waals surface area contributed by atoms with Gasteiger partial charge >= 0.3 is 5.63 Å². The van der Waals surface area contributed by atoms with Crippen LogP contribution in [0.4, 0.5) is 5.69 Å². The van der Waals surface area contributed by atoms with Gasteiger partial charge in [0.05, 0.1) is 5.56 Å². The Morgan fingerprint density at radius 3 is 2.64 bits per heavy atom. The fourth-order valence-electron chi connectivity index (χ4n) is 4.24. The fourth-order valence-corrected chi connectivity index (χ4v) is 4.24. The normalized spacial score (nSPS) is 20.1. The van der Waals surface area contributed by atoms with Gasteiger partial charge in [-0.2, -0.15) is 0 Å². The summed E-state index contributed by atoms with van der Waals surface area (Å²) < 4.78 is 7.73. The van der Waals surface area contributed by atoms with Gasteiger partial charge in [0.1, 0.15) is 5.58 Å². The minimum atomic E-state index is -0.303. The third-order valence-corrected chi connectivity index (χ3v) is 5.46. The van der Waals surface area contributed by atoms with Gasteiger partial charge in [0, 0.05) is 65.8 Å². The predicted octanol–water partition coefficient (Wildman–Crippen LogP) is 3.90. The molecule has 1 aliphatic rings. The van der Waals surface area contributed by atoms with Gasteiger partial charge in [-0.3, -0.25) is 0 Å². The summed E-state index contributed by atoms with van der Waals surface area (Å²) in [7, 11) is 0. The van der Waals surface area contributed by atoms with Crippen LogP contribution in [0.15, 0.2) is 70.1 Å². The van der Waals surface area contributed by atoms with Crippen LogP contribution in [0.2, 0.25) is 0 Å². The highest BCUT2D eigenvalue weighted by Crippen LogP contribution is 2.27. The zero-order valence-corrected chi connectivity index (χ0v) is 16.1. The summed E-state index contributed by atoms with van der Waals surface area (Å²) in [6, 6.07) is 16.9. The number of benzene rings is 1. The van der Waals surface area contributed by atoms with E-state index in [2.05, 4.69) is 30.1 Å². The number of fused-ring (bicyclic) bond motifs is 2.